The summed E-state index contributed by atoms with van der Waals surface area (Å²) in [7, 11) is 0. The molecular formula is C13H23NO4. The highest BCUT2D eigenvalue weighted by Crippen LogP contribution is 2.46. The number of nitrogens with one attached hydrogen (secondary N) is 1. The molecule has 5 heteroatoms. The maximum absolute atomic E-state index is 11.6. The van der Waals surface area contributed by atoms with Gasteiger partial charge in [0.05, 0.1) is 6.42 Å². The first-order valence-corrected chi connectivity index (χ1v) is 6.33. The largest absolute Gasteiger partial charge is 0.481 e. The van der Waals surface area contributed by atoms with E-state index in [1.165, 1.54) is 0 Å². The molecule has 18 heavy (non-hydrogen) atoms. The van der Waals surface area contributed by atoms with Gasteiger partial charge in [-0.25, -0.2) is 4.79 Å². The van der Waals surface area contributed by atoms with Crippen LogP contribution >= 0.6 is 0 Å². The highest BCUT2D eigenvalue weighted by atomic mass is 16.6. The summed E-state index contributed by atoms with van der Waals surface area (Å²) in [5, 5.41) is 11.6. The van der Waals surface area contributed by atoms with Gasteiger partial charge >= 0.3 is 12.1 Å². The number of carboxylic acid groups (broad SMARTS) is 1. The Morgan fingerprint density at radius 3 is 2.28 bits per heavy atom. The van der Waals surface area contributed by atoms with Crippen LogP contribution in [0, 0.1) is 17.8 Å². The van der Waals surface area contributed by atoms with Crippen LogP contribution in [0.3, 0.4) is 0 Å². The summed E-state index contributed by atoms with van der Waals surface area (Å²) in [6.45, 7) is 9.48. The summed E-state index contributed by atoms with van der Waals surface area (Å²) in [6.07, 6.45) is -0.366. The van der Waals surface area contributed by atoms with Crippen molar-refractivity contribution in [3.63, 3.8) is 0 Å². The highest BCUT2D eigenvalue weighted by molar-refractivity contribution is 5.70. The van der Waals surface area contributed by atoms with E-state index in [0.29, 0.717) is 5.92 Å². The zero-order valence-corrected chi connectivity index (χ0v) is 11.7. The molecule has 1 aliphatic carbocycles. The van der Waals surface area contributed by atoms with E-state index < -0.39 is 17.7 Å². The Balaban J connectivity index is 2.51. The summed E-state index contributed by atoms with van der Waals surface area (Å²) in [6, 6.07) is -0.0732. The number of aliphatic carboxylic acids is 1. The number of rotatable bonds is 4. The third kappa shape index (κ3) is 4.20. The molecule has 0 aliphatic heterocycles. The number of hydrogen-bond donors (Lipinski definition) is 2. The average molecular weight is 257 g/mol. The predicted octanol–water partition coefficient (Wildman–Crippen LogP) is 2.26. The van der Waals surface area contributed by atoms with Crippen LogP contribution in [0.1, 0.15) is 41.0 Å². The average Bonchev–Trinajstić information content (AvgIpc) is 2.72. The maximum atomic E-state index is 11.6. The number of alkyl carbamates (subject to hydrolysis) is 1. The number of ether oxygens (including phenoxy) is 1. The minimum Gasteiger partial charge on any atom is -0.481 e. The minimum atomic E-state index is -0.820. The molecule has 0 radical (unpaired) electrons. The maximum Gasteiger partial charge on any atom is 0.407 e. The number of amides is 1. The van der Waals surface area contributed by atoms with Crippen molar-refractivity contribution in [2.24, 2.45) is 17.8 Å². The van der Waals surface area contributed by atoms with Gasteiger partial charge in [0.25, 0.3) is 0 Å². The van der Waals surface area contributed by atoms with Crippen LogP contribution in [0.5, 0.6) is 0 Å². The van der Waals surface area contributed by atoms with Crippen molar-refractivity contribution in [2.75, 3.05) is 0 Å². The fraction of sp³-hybridized carbons (Fsp3) is 0.846. The number of hydrogen-bond acceptors (Lipinski definition) is 3. The monoisotopic (exact) mass is 257 g/mol. The van der Waals surface area contributed by atoms with Gasteiger partial charge in [-0.15, -0.1) is 0 Å². The third-order valence-corrected chi connectivity index (χ3v) is 3.09. The van der Waals surface area contributed by atoms with Gasteiger partial charge in [0.1, 0.15) is 5.60 Å². The van der Waals surface area contributed by atoms with Crippen LogP contribution in [-0.4, -0.2) is 28.8 Å². The van der Waals surface area contributed by atoms with E-state index in [9.17, 15) is 9.59 Å². The van der Waals surface area contributed by atoms with Gasteiger partial charge in [0.15, 0.2) is 0 Å². The quantitative estimate of drug-likeness (QED) is 0.810. The van der Waals surface area contributed by atoms with Gasteiger partial charge in [0.2, 0.25) is 0 Å². The number of carboxylic acids is 1. The molecule has 0 spiro atoms. The van der Waals surface area contributed by atoms with Crippen molar-refractivity contribution in [1.29, 1.82) is 0 Å². The molecule has 0 heterocycles. The molecule has 0 aromatic heterocycles. The van der Waals surface area contributed by atoms with Crippen LogP contribution in [0.25, 0.3) is 0 Å². The Morgan fingerprint density at radius 2 is 1.89 bits per heavy atom. The molecule has 1 fully saturated rings. The van der Waals surface area contributed by atoms with Crippen molar-refractivity contribution < 1.29 is 19.4 Å². The van der Waals surface area contributed by atoms with Gasteiger partial charge in [-0.2, -0.15) is 0 Å². The van der Waals surface area contributed by atoms with Crippen LogP contribution in [0.15, 0.2) is 0 Å². The van der Waals surface area contributed by atoms with Crippen LogP contribution < -0.4 is 5.32 Å². The second-order valence-corrected chi connectivity index (χ2v) is 6.26. The Bertz CT molecular complexity index is 332. The second-order valence-electron chi connectivity index (χ2n) is 6.26. The SMILES string of the molecule is CC(C)[C@H]1[C@H](CC(=O)O)[C@H]1NC(=O)OC(C)(C)C. The molecule has 5 nitrogen and oxygen atoms in total. The summed E-state index contributed by atoms with van der Waals surface area (Å²) in [5.74, 6) is -0.211. The third-order valence-electron chi connectivity index (χ3n) is 3.09. The molecule has 1 saturated carbocycles. The topological polar surface area (TPSA) is 75.6 Å². The fourth-order valence-electron chi connectivity index (χ4n) is 2.42. The van der Waals surface area contributed by atoms with E-state index in [1.807, 2.05) is 13.8 Å². The van der Waals surface area contributed by atoms with Gasteiger partial charge in [-0.1, -0.05) is 13.8 Å². The molecule has 3 atom stereocenters. The summed E-state index contributed by atoms with van der Waals surface area (Å²) in [5.41, 5.74) is -0.533. The first-order valence-electron chi connectivity index (χ1n) is 6.33. The summed E-state index contributed by atoms with van der Waals surface area (Å²) < 4.78 is 5.17. The molecular weight excluding hydrogens is 234 g/mol. The van der Waals surface area contributed by atoms with Crippen LogP contribution in [-0.2, 0) is 9.53 Å². The molecule has 0 unspecified atom stereocenters. The lowest BCUT2D eigenvalue weighted by atomic mass is 10.1. The van der Waals surface area contributed by atoms with E-state index in [-0.39, 0.29) is 24.3 Å². The predicted molar refractivity (Wildman–Crippen MR) is 67.2 cm³/mol. The fourth-order valence-corrected chi connectivity index (χ4v) is 2.42. The Labute approximate surface area is 108 Å². The first-order chi connectivity index (χ1) is 8.11. The van der Waals surface area contributed by atoms with Gasteiger partial charge in [0, 0.05) is 6.04 Å². The molecule has 104 valence electrons. The van der Waals surface area contributed by atoms with Crippen molar-refractivity contribution >= 4 is 12.1 Å². The Kier molecular flexibility index (Phi) is 4.24. The zero-order chi connectivity index (χ0) is 14.1. The molecule has 1 aliphatic rings. The van der Waals surface area contributed by atoms with Crippen molar-refractivity contribution in [3.05, 3.63) is 0 Å². The standard InChI is InChI=1S/C13H23NO4/c1-7(2)10-8(6-9(15)16)11(10)14-12(17)18-13(3,4)5/h7-8,10-11H,6H2,1-5H3,(H,14,17)(H,15,16)/t8-,10-,11+/m0/s1. The van der Waals surface area contributed by atoms with Crippen molar-refractivity contribution in [2.45, 2.75) is 52.7 Å². The molecule has 1 amide bonds. The normalized spacial score (nSPS) is 26.9. The smallest absolute Gasteiger partial charge is 0.407 e. The lowest BCUT2D eigenvalue weighted by Crippen LogP contribution is -2.35. The van der Waals surface area contributed by atoms with Crippen LogP contribution in [0.4, 0.5) is 4.79 Å². The van der Waals surface area contributed by atoms with E-state index in [0.717, 1.165) is 0 Å². The molecule has 2 N–H and O–H groups in total. The summed E-state index contributed by atoms with van der Waals surface area (Å²) in [4.78, 5) is 22.4. The van der Waals surface area contributed by atoms with E-state index in [2.05, 4.69) is 5.32 Å². The van der Waals surface area contributed by atoms with Gasteiger partial charge < -0.3 is 15.2 Å². The molecule has 1 rings (SSSR count). The number of carbonyl (C=O) groups excluding carboxylic acids is 1. The lowest BCUT2D eigenvalue weighted by Gasteiger charge is -2.20. The van der Waals surface area contributed by atoms with Gasteiger partial charge in [-0.05, 0) is 38.5 Å². The van der Waals surface area contributed by atoms with Crippen molar-refractivity contribution in [1.82, 2.24) is 5.32 Å². The van der Waals surface area contributed by atoms with Crippen molar-refractivity contribution in [3.8, 4) is 0 Å². The second kappa shape index (κ2) is 5.16. The van der Waals surface area contributed by atoms with E-state index in [4.69, 9.17) is 9.84 Å². The van der Waals surface area contributed by atoms with E-state index in [1.54, 1.807) is 20.8 Å². The molecule has 0 aromatic rings. The molecule has 0 bridgehead atoms. The number of carbonyl (C=O) groups is 2. The van der Waals surface area contributed by atoms with Gasteiger partial charge in [-0.3, -0.25) is 4.79 Å². The minimum absolute atomic E-state index is 0.0232. The molecule has 0 aromatic carbocycles. The summed E-state index contributed by atoms with van der Waals surface area (Å²) >= 11 is 0. The lowest BCUT2D eigenvalue weighted by molar-refractivity contribution is -0.137. The zero-order valence-electron chi connectivity index (χ0n) is 11.7. The highest BCUT2D eigenvalue weighted by Gasteiger charge is 2.53. The van der Waals surface area contributed by atoms with E-state index >= 15 is 0 Å². The molecule has 0 saturated heterocycles. The first kappa shape index (κ1) is 14.8. The van der Waals surface area contributed by atoms with Crippen LogP contribution in [0.2, 0.25) is 0 Å². The Morgan fingerprint density at radius 1 is 1.33 bits per heavy atom. The Hall–Kier alpha value is -1.26.